The number of ether oxygens (including phenoxy) is 2. The van der Waals surface area contributed by atoms with Gasteiger partial charge in [-0.05, 0) is 18.9 Å². The summed E-state index contributed by atoms with van der Waals surface area (Å²) in [6.07, 6.45) is 0.348. The van der Waals surface area contributed by atoms with Gasteiger partial charge in [-0.3, -0.25) is 0 Å². The Balaban J connectivity index is 2.17. The van der Waals surface area contributed by atoms with Crippen molar-refractivity contribution in [2.75, 3.05) is 6.61 Å². The van der Waals surface area contributed by atoms with Gasteiger partial charge in [-0.15, -0.1) is 0 Å². The highest BCUT2D eigenvalue weighted by atomic mass is 16.7. The minimum Gasteiger partial charge on any atom is -0.464 e. The van der Waals surface area contributed by atoms with E-state index in [1.165, 1.54) is 0 Å². The Morgan fingerprint density at radius 2 is 2.06 bits per heavy atom. The molecular formula is C13H16O3. The average Bonchev–Trinajstić information content (AvgIpc) is 3.07. The summed E-state index contributed by atoms with van der Waals surface area (Å²) < 4.78 is 10.6. The lowest BCUT2D eigenvalue weighted by Crippen LogP contribution is -2.20. The maximum absolute atomic E-state index is 11.6. The second-order valence-electron chi connectivity index (χ2n) is 3.86. The molecule has 0 saturated carbocycles. The van der Waals surface area contributed by atoms with Crippen molar-refractivity contribution in [3.63, 3.8) is 0 Å². The van der Waals surface area contributed by atoms with Crippen molar-refractivity contribution in [1.29, 1.82) is 0 Å². The summed E-state index contributed by atoms with van der Waals surface area (Å²) in [5.41, 5.74) is 0.601. The Morgan fingerprint density at radius 1 is 1.38 bits per heavy atom. The summed E-state index contributed by atoms with van der Waals surface area (Å²) in [6, 6.07) is 9.84. The van der Waals surface area contributed by atoms with Gasteiger partial charge >= 0.3 is 5.97 Å². The van der Waals surface area contributed by atoms with Crippen molar-refractivity contribution in [3.05, 3.63) is 35.9 Å². The largest absolute Gasteiger partial charge is 0.464 e. The third kappa shape index (κ3) is 1.71. The number of carbonyl (C=O) groups is 1. The van der Waals surface area contributed by atoms with Crippen molar-refractivity contribution in [3.8, 4) is 0 Å². The standard InChI is InChI=1S/C13H16O3/c1-3-13(10-8-6-5-7-9-10)11(16-13)12(14)15-4-2/h5-9,11H,3-4H2,1-2H3/t11-,13-/m1/s1. The zero-order valence-corrected chi connectivity index (χ0v) is 9.60. The lowest BCUT2D eigenvalue weighted by molar-refractivity contribution is -0.144. The summed E-state index contributed by atoms with van der Waals surface area (Å²) in [7, 11) is 0. The van der Waals surface area contributed by atoms with Gasteiger partial charge in [0.15, 0.2) is 6.10 Å². The van der Waals surface area contributed by atoms with Crippen LogP contribution in [-0.4, -0.2) is 18.7 Å². The summed E-state index contributed by atoms with van der Waals surface area (Å²) in [5.74, 6) is -0.256. The number of benzene rings is 1. The molecule has 1 aromatic carbocycles. The SMILES string of the molecule is CCOC(=O)[C@H]1O[C@]1(CC)c1ccccc1. The lowest BCUT2D eigenvalue weighted by Gasteiger charge is -2.09. The fraction of sp³-hybridized carbons (Fsp3) is 0.462. The van der Waals surface area contributed by atoms with Crippen LogP contribution in [0.25, 0.3) is 0 Å². The number of rotatable bonds is 4. The highest BCUT2D eigenvalue weighted by molar-refractivity contribution is 5.80. The first-order valence-electron chi connectivity index (χ1n) is 5.64. The number of epoxide rings is 1. The molecule has 2 rings (SSSR count). The van der Waals surface area contributed by atoms with E-state index in [-0.39, 0.29) is 5.97 Å². The van der Waals surface area contributed by atoms with Crippen LogP contribution in [0.2, 0.25) is 0 Å². The third-order valence-electron chi connectivity index (χ3n) is 2.98. The predicted octanol–water partition coefficient (Wildman–Crippen LogP) is 2.25. The Morgan fingerprint density at radius 3 is 2.62 bits per heavy atom. The molecule has 0 radical (unpaired) electrons. The van der Waals surface area contributed by atoms with Gasteiger partial charge in [0, 0.05) is 0 Å². The predicted molar refractivity (Wildman–Crippen MR) is 59.9 cm³/mol. The molecule has 3 heteroatoms. The highest BCUT2D eigenvalue weighted by Crippen LogP contribution is 2.49. The molecule has 16 heavy (non-hydrogen) atoms. The molecule has 2 atom stereocenters. The zero-order chi connectivity index (χ0) is 11.6. The van der Waals surface area contributed by atoms with Gasteiger partial charge in [-0.25, -0.2) is 4.79 Å². The summed E-state index contributed by atoms with van der Waals surface area (Å²) >= 11 is 0. The molecule has 0 N–H and O–H groups in total. The van der Waals surface area contributed by atoms with E-state index in [2.05, 4.69) is 0 Å². The van der Waals surface area contributed by atoms with Crippen LogP contribution in [0.1, 0.15) is 25.8 Å². The van der Waals surface area contributed by atoms with Crippen LogP contribution in [-0.2, 0) is 19.9 Å². The molecule has 1 aromatic rings. The number of carbonyl (C=O) groups excluding carboxylic acids is 1. The summed E-state index contributed by atoms with van der Waals surface area (Å²) in [4.78, 5) is 11.6. The van der Waals surface area contributed by atoms with Crippen LogP contribution >= 0.6 is 0 Å². The minimum atomic E-state index is -0.451. The van der Waals surface area contributed by atoms with Crippen LogP contribution in [0, 0.1) is 0 Å². The average molecular weight is 220 g/mol. The van der Waals surface area contributed by atoms with Crippen LogP contribution in [0.15, 0.2) is 30.3 Å². The Hall–Kier alpha value is -1.35. The molecule has 1 aliphatic heterocycles. The van der Waals surface area contributed by atoms with Gasteiger partial charge in [0.25, 0.3) is 0 Å². The van der Waals surface area contributed by atoms with Gasteiger partial charge < -0.3 is 9.47 Å². The van der Waals surface area contributed by atoms with Gasteiger partial charge in [0.2, 0.25) is 0 Å². The van der Waals surface area contributed by atoms with E-state index in [0.29, 0.717) is 6.61 Å². The van der Waals surface area contributed by atoms with Gasteiger partial charge in [0.05, 0.1) is 6.61 Å². The summed E-state index contributed by atoms with van der Waals surface area (Å²) in [6.45, 7) is 4.22. The molecule has 0 amide bonds. The fourth-order valence-corrected chi connectivity index (χ4v) is 2.05. The molecule has 0 unspecified atom stereocenters. The van der Waals surface area contributed by atoms with Crippen molar-refractivity contribution in [2.45, 2.75) is 32.0 Å². The second kappa shape index (κ2) is 4.26. The van der Waals surface area contributed by atoms with Crippen LogP contribution in [0.4, 0.5) is 0 Å². The highest BCUT2D eigenvalue weighted by Gasteiger charge is 2.61. The third-order valence-corrected chi connectivity index (χ3v) is 2.98. The van der Waals surface area contributed by atoms with E-state index in [9.17, 15) is 4.79 Å². The van der Waals surface area contributed by atoms with E-state index in [1.54, 1.807) is 6.92 Å². The van der Waals surface area contributed by atoms with Gasteiger partial charge in [-0.2, -0.15) is 0 Å². The van der Waals surface area contributed by atoms with Crippen LogP contribution in [0.3, 0.4) is 0 Å². The second-order valence-corrected chi connectivity index (χ2v) is 3.86. The molecule has 0 spiro atoms. The summed E-state index contributed by atoms with van der Waals surface area (Å²) in [5, 5.41) is 0. The molecule has 3 nitrogen and oxygen atoms in total. The van der Waals surface area contributed by atoms with Crippen molar-refractivity contribution in [2.24, 2.45) is 0 Å². The molecule has 0 bridgehead atoms. The van der Waals surface area contributed by atoms with E-state index in [1.807, 2.05) is 37.3 Å². The minimum absolute atomic E-state index is 0.256. The van der Waals surface area contributed by atoms with Crippen LogP contribution < -0.4 is 0 Å². The lowest BCUT2D eigenvalue weighted by atomic mass is 9.93. The number of hydrogen-bond donors (Lipinski definition) is 0. The normalized spacial score (nSPS) is 27.5. The van der Waals surface area contributed by atoms with E-state index < -0.39 is 11.7 Å². The van der Waals surface area contributed by atoms with E-state index >= 15 is 0 Å². The molecule has 1 heterocycles. The number of hydrogen-bond acceptors (Lipinski definition) is 3. The molecule has 1 fully saturated rings. The van der Waals surface area contributed by atoms with E-state index in [0.717, 1.165) is 12.0 Å². The van der Waals surface area contributed by atoms with Crippen molar-refractivity contribution < 1.29 is 14.3 Å². The smallest absolute Gasteiger partial charge is 0.338 e. The maximum Gasteiger partial charge on any atom is 0.338 e. The molecule has 0 aromatic heterocycles. The monoisotopic (exact) mass is 220 g/mol. The first-order chi connectivity index (χ1) is 7.74. The maximum atomic E-state index is 11.6. The molecule has 0 aliphatic carbocycles. The first kappa shape index (κ1) is 11.1. The Bertz CT molecular complexity index is 374. The fourth-order valence-electron chi connectivity index (χ4n) is 2.05. The van der Waals surface area contributed by atoms with E-state index in [4.69, 9.17) is 9.47 Å². The molecule has 86 valence electrons. The molecule has 1 aliphatic rings. The Kier molecular flexibility index (Phi) is 2.97. The van der Waals surface area contributed by atoms with Crippen molar-refractivity contribution in [1.82, 2.24) is 0 Å². The zero-order valence-electron chi connectivity index (χ0n) is 9.60. The topological polar surface area (TPSA) is 38.8 Å². The van der Waals surface area contributed by atoms with Crippen LogP contribution in [0.5, 0.6) is 0 Å². The molecular weight excluding hydrogens is 204 g/mol. The number of esters is 1. The van der Waals surface area contributed by atoms with Gasteiger partial charge in [0.1, 0.15) is 5.60 Å². The van der Waals surface area contributed by atoms with Crippen molar-refractivity contribution >= 4 is 5.97 Å². The Labute approximate surface area is 95.4 Å². The van der Waals surface area contributed by atoms with Gasteiger partial charge in [-0.1, -0.05) is 37.3 Å². The molecule has 1 saturated heterocycles. The first-order valence-corrected chi connectivity index (χ1v) is 5.64. The quantitative estimate of drug-likeness (QED) is 0.577.